The van der Waals surface area contributed by atoms with E-state index in [9.17, 15) is 4.79 Å². The Labute approximate surface area is 212 Å². The highest BCUT2D eigenvalue weighted by Crippen LogP contribution is 2.30. The van der Waals surface area contributed by atoms with Crippen molar-refractivity contribution in [2.24, 2.45) is 13.0 Å². The third-order valence-corrected chi connectivity index (χ3v) is 7.03. The van der Waals surface area contributed by atoms with Crippen LogP contribution in [0.15, 0.2) is 73.6 Å². The molecule has 1 saturated heterocycles. The number of nitrogens with zero attached hydrogens (tertiary/aromatic N) is 4. The highest BCUT2D eigenvalue weighted by Gasteiger charge is 2.19. The maximum atomic E-state index is 12.2. The Hall–Kier alpha value is -3.93. The van der Waals surface area contributed by atoms with E-state index >= 15 is 0 Å². The molecule has 4 aromatic rings. The van der Waals surface area contributed by atoms with E-state index in [1.807, 2.05) is 25.2 Å². The van der Waals surface area contributed by atoms with Crippen molar-refractivity contribution in [1.82, 2.24) is 14.5 Å². The number of ether oxygens (including phenoxy) is 1. The van der Waals surface area contributed by atoms with E-state index in [1.54, 1.807) is 6.20 Å². The molecule has 3 heterocycles. The molecule has 0 atom stereocenters. The van der Waals surface area contributed by atoms with Gasteiger partial charge in [-0.3, -0.25) is 4.79 Å². The number of benzene rings is 2. The fraction of sp³-hybridized carbons (Fsp3) is 0.300. The summed E-state index contributed by atoms with van der Waals surface area (Å²) in [6.07, 6.45) is 7.89. The summed E-state index contributed by atoms with van der Waals surface area (Å²) in [7, 11) is 2.03. The van der Waals surface area contributed by atoms with Gasteiger partial charge in [0.2, 0.25) is 0 Å². The molecule has 184 valence electrons. The number of ketones is 1. The molecule has 2 aromatic heterocycles. The lowest BCUT2D eigenvalue weighted by molar-refractivity contribution is -0.114. The van der Waals surface area contributed by atoms with Crippen molar-refractivity contribution in [2.45, 2.75) is 32.8 Å². The highest BCUT2D eigenvalue weighted by molar-refractivity contribution is 5.95. The smallest absolute Gasteiger partial charge is 0.317 e. The fourth-order valence-corrected chi connectivity index (χ4v) is 4.94. The number of fused-ring (bicyclic) bond motifs is 1. The first-order valence-corrected chi connectivity index (χ1v) is 12.5. The van der Waals surface area contributed by atoms with E-state index in [1.165, 1.54) is 18.9 Å². The van der Waals surface area contributed by atoms with Crippen LogP contribution in [-0.2, 0) is 24.9 Å². The number of allylic oxidation sites excluding steroid dienone is 1. The Morgan fingerprint density at radius 2 is 1.97 bits per heavy atom. The van der Waals surface area contributed by atoms with E-state index in [0.717, 1.165) is 58.0 Å². The zero-order chi connectivity index (χ0) is 25.1. The lowest BCUT2D eigenvalue weighted by Crippen LogP contribution is -2.33. The predicted molar refractivity (Wildman–Crippen MR) is 144 cm³/mol. The van der Waals surface area contributed by atoms with Crippen molar-refractivity contribution in [1.29, 1.82) is 0 Å². The molecule has 0 spiro atoms. The Kier molecular flexibility index (Phi) is 6.85. The van der Waals surface area contributed by atoms with E-state index in [2.05, 4.69) is 69.5 Å². The summed E-state index contributed by atoms with van der Waals surface area (Å²) in [5.74, 6) is 0.766. The van der Waals surface area contributed by atoms with E-state index in [4.69, 9.17) is 4.74 Å². The topological polar surface area (TPSA) is 60.2 Å². The van der Waals surface area contributed by atoms with Crippen LogP contribution in [0.1, 0.15) is 30.9 Å². The van der Waals surface area contributed by atoms with Crippen LogP contribution in [0.5, 0.6) is 6.01 Å². The first-order valence-electron chi connectivity index (χ1n) is 12.5. The number of anilines is 1. The van der Waals surface area contributed by atoms with Gasteiger partial charge in [-0.1, -0.05) is 37.8 Å². The molecule has 0 amide bonds. The van der Waals surface area contributed by atoms with Gasteiger partial charge in [-0.15, -0.1) is 0 Å². The highest BCUT2D eigenvalue weighted by atomic mass is 16.5. The summed E-state index contributed by atoms with van der Waals surface area (Å²) in [5.41, 5.74) is 6.15. The van der Waals surface area contributed by atoms with Gasteiger partial charge in [0.05, 0.1) is 5.69 Å². The minimum Gasteiger partial charge on any atom is -0.459 e. The quantitative estimate of drug-likeness (QED) is 0.301. The van der Waals surface area contributed by atoms with E-state index < -0.39 is 0 Å². The Morgan fingerprint density at radius 3 is 2.78 bits per heavy atom. The molecule has 0 N–H and O–H groups in total. The molecule has 2 aromatic carbocycles. The molecule has 6 heteroatoms. The Balaban J connectivity index is 1.36. The number of rotatable bonds is 8. The minimum absolute atomic E-state index is 0.0193. The molecular weight excluding hydrogens is 448 g/mol. The molecule has 1 fully saturated rings. The second-order valence-electron chi connectivity index (χ2n) is 9.66. The third kappa shape index (κ3) is 5.03. The van der Waals surface area contributed by atoms with Crippen molar-refractivity contribution < 1.29 is 9.53 Å². The van der Waals surface area contributed by atoms with Crippen LogP contribution >= 0.6 is 0 Å². The molecule has 36 heavy (non-hydrogen) atoms. The Morgan fingerprint density at radius 1 is 1.17 bits per heavy atom. The van der Waals surface area contributed by atoms with Crippen LogP contribution in [0.2, 0.25) is 0 Å². The second-order valence-corrected chi connectivity index (χ2v) is 9.66. The Bertz CT molecular complexity index is 1400. The molecule has 1 aliphatic rings. The number of hydrogen-bond donors (Lipinski definition) is 0. The summed E-state index contributed by atoms with van der Waals surface area (Å²) in [6, 6.07) is 16.8. The van der Waals surface area contributed by atoms with Crippen molar-refractivity contribution in [2.75, 3.05) is 18.0 Å². The van der Waals surface area contributed by atoms with Crippen molar-refractivity contribution in [3.05, 3.63) is 84.7 Å². The summed E-state index contributed by atoms with van der Waals surface area (Å²) in [4.78, 5) is 23.6. The molecule has 0 saturated carbocycles. The number of hydrogen-bond acceptors (Lipinski definition) is 5. The van der Waals surface area contributed by atoms with Crippen LogP contribution in [0.25, 0.3) is 22.2 Å². The maximum Gasteiger partial charge on any atom is 0.317 e. The third-order valence-electron chi connectivity index (χ3n) is 7.03. The number of piperidine rings is 1. The van der Waals surface area contributed by atoms with Crippen LogP contribution in [0.4, 0.5) is 5.69 Å². The average molecular weight is 481 g/mol. The van der Waals surface area contributed by atoms with Gasteiger partial charge in [0.25, 0.3) is 0 Å². The molecule has 0 radical (unpaired) electrons. The fourth-order valence-electron chi connectivity index (χ4n) is 4.94. The monoisotopic (exact) mass is 480 g/mol. The number of para-hydroxylation sites is 1. The van der Waals surface area contributed by atoms with Crippen LogP contribution in [0.3, 0.4) is 0 Å². The van der Waals surface area contributed by atoms with Gasteiger partial charge in [-0.2, -0.15) is 4.98 Å². The summed E-state index contributed by atoms with van der Waals surface area (Å²) in [6.45, 7) is 8.31. The van der Waals surface area contributed by atoms with Crippen molar-refractivity contribution in [3.8, 4) is 17.3 Å². The number of aryl methyl sites for hydroxylation is 1. The lowest BCUT2D eigenvalue weighted by Gasteiger charge is -2.33. The SMILES string of the molecule is C=CC(=O)Cc1cc(COc2nccc(-c3cn(C)c4ccccc34)n2)ccc1N1CCC(C)CC1. The largest absolute Gasteiger partial charge is 0.459 e. The van der Waals surface area contributed by atoms with Gasteiger partial charge >= 0.3 is 6.01 Å². The normalized spacial score (nSPS) is 14.2. The lowest BCUT2D eigenvalue weighted by atomic mass is 9.96. The zero-order valence-corrected chi connectivity index (χ0v) is 21.0. The van der Waals surface area contributed by atoms with Gasteiger partial charge in [0, 0.05) is 61.1 Å². The van der Waals surface area contributed by atoms with Crippen molar-refractivity contribution >= 4 is 22.4 Å². The number of aromatic nitrogens is 3. The van der Waals surface area contributed by atoms with Crippen LogP contribution in [-0.4, -0.2) is 33.4 Å². The zero-order valence-electron chi connectivity index (χ0n) is 21.0. The molecule has 6 nitrogen and oxygen atoms in total. The number of carbonyl (C=O) groups excluding carboxylic acids is 1. The summed E-state index contributed by atoms with van der Waals surface area (Å²) < 4.78 is 8.11. The molecular formula is C30H32N4O2. The van der Waals surface area contributed by atoms with Crippen molar-refractivity contribution in [3.63, 3.8) is 0 Å². The summed E-state index contributed by atoms with van der Waals surface area (Å²) >= 11 is 0. The van der Waals surface area contributed by atoms with Gasteiger partial charge in [0.1, 0.15) is 6.61 Å². The second kappa shape index (κ2) is 10.4. The van der Waals surface area contributed by atoms with Gasteiger partial charge in [-0.05, 0) is 60.2 Å². The first-order chi connectivity index (χ1) is 17.5. The standard InChI is InChI=1S/C30H32N4O2/c1-4-24(35)18-23-17-22(9-10-28(23)34-15-12-21(2)13-16-34)20-36-30-31-14-11-27(32-30)26-19-33(3)29-8-6-5-7-25(26)29/h4-11,14,17,19,21H,1,12-13,15-16,18,20H2,2-3H3. The molecule has 0 bridgehead atoms. The van der Waals surface area contributed by atoms with Gasteiger partial charge < -0.3 is 14.2 Å². The molecule has 1 aliphatic heterocycles. The number of carbonyl (C=O) groups is 1. The van der Waals surface area contributed by atoms with Gasteiger partial charge in [0.15, 0.2) is 5.78 Å². The van der Waals surface area contributed by atoms with E-state index in [0.29, 0.717) is 19.0 Å². The first kappa shape index (κ1) is 23.8. The molecule has 0 aliphatic carbocycles. The molecule has 0 unspecified atom stereocenters. The van der Waals surface area contributed by atoms with Crippen LogP contribution in [0, 0.1) is 5.92 Å². The van der Waals surface area contributed by atoms with E-state index in [-0.39, 0.29) is 5.78 Å². The average Bonchev–Trinajstić information content (AvgIpc) is 3.25. The maximum absolute atomic E-state index is 12.2. The minimum atomic E-state index is 0.0193. The van der Waals surface area contributed by atoms with Gasteiger partial charge in [-0.25, -0.2) is 4.98 Å². The predicted octanol–water partition coefficient (Wildman–Crippen LogP) is 5.75. The summed E-state index contributed by atoms with van der Waals surface area (Å²) in [5, 5.41) is 1.14. The molecule has 5 rings (SSSR count). The van der Waals surface area contributed by atoms with Crippen LogP contribution < -0.4 is 9.64 Å².